The molecule has 0 aliphatic carbocycles. The van der Waals surface area contributed by atoms with E-state index in [2.05, 4.69) is 0 Å². The summed E-state index contributed by atoms with van der Waals surface area (Å²) in [5.74, 6) is 0.547. The fraction of sp³-hybridized carbons (Fsp3) is 0.500. The average molecular weight is 261 g/mol. The molecule has 1 aromatic carbocycles. The van der Waals surface area contributed by atoms with Crippen LogP contribution in [0.2, 0.25) is 5.02 Å². The minimum atomic E-state index is -1.02. The van der Waals surface area contributed by atoms with Crippen LogP contribution in [0.25, 0.3) is 0 Å². The molecule has 1 aromatic rings. The zero-order chi connectivity index (χ0) is 12.3. The summed E-state index contributed by atoms with van der Waals surface area (Å²) >= 11 is 5.92. The van der Waals surface area contributed by atoms with Crippen molar-refractivity contribution in [2.24, 2.45) is 0 Å². The maximum Gasteiger partial charge on any atom is 0.187 e. The molecule has 1 saturated heterocycles. The molecule has 1 unspecified atom stereocenters. The van der Waals surface area contributed by atoms with Crippen LogP contribution in [-0.4, -0.2) is 26.0 Å². The van der Waals surface area contributed by atoms with Crippen LogP contribution in [0.4, 0.5) is 4.39 Å². The Morgan fingerprint density at radius 3 is 2.82 bits per heavy atom. The van der Waals surface area contributed by atoms with E-state index >= 15 is 0 Å². The third-order valence-electron chi connectivity index (χ3n) is 2.32. The van der Waals surface area contributed by atoms with Gasteiger partial charge in [0.1, 0.15) is 18.5 Å². The molecule has 5 heteroatoms. The molecule has 1 heterocycles. The lowest BCUT2D eigenvalue weighted by atomic mass is 10.2. The van der Waals surface area contributed by atoms with Crippen molar-refractivity contribution in [2.45, 2.75) is 19.4 Å². The van der Waals surface area contributed by atoms with Gasteiger partial charge in [0.15, 0.2) is 6.29 Å². The third kappa shape index (κ3) is 3.31. The van der Waals surface area contributed by atoms with Gasteiger partial charge in [-0.1, -0.05) is 11.6 Å². The van der Waals surface area contributed by atoms with Gasteiger partial charge in [0.05, 0.1) is 18.8 Å². The summed E-state index contributed by atoms with van der Waals surface area (Å²) < 4.78 is 28.9. The number of halogens is 2. The molecular formula is C12H14ClFO3. The molecule has 1 atom stereocenters. The number of benzene rings is 1. The summed E-state index contributed by atoms with van der Waals surface area (Å²) in [7, 11) is 0. The van der Waals surface area contributed by atoms with E-state index in [4.69, 9.17) is 25.8 Å². The van der Waals surface area contributed by atoms with Crippen molar-refractivity contribution in [2.75, 3.05) is 19.8 Å². The Labute approximate surface area is 104 Å². The highest BCUT2D eigenvalue weighted by atomic mass is 35.5. The molecule has 0 aromatic heterocycles. The second kappa shape index (κ2) is 5.67. The molecule has 94 valence electrons. The quantitative estimate of drug-likeness (QED) is 0.833. The lowest BCUT2D eigenvalue weighted by Gasteiger charge is -2.16. The first-order valence-corrected chi connectivity index (χ1v) is 5.84. The topological polar surface area (TPSA) is 27.7 Å². The summed E-state index contributed by atoms with van der Waals surface area (Å²) in [5, 5.41) is 0.569. The highest BCUT2D eigenvalue weighted by Gasteiger charge is 2.22. The Hall–Kier alpha value is -0.840. The van der Waals surface area contributed by atoms with E-state index in [9.17, 15) is 4.39 Å². The molecular weight excluding hydrogens is 247 g/mol. The van der Waals surface area contributed by atoms with Crippen LogP contribution in [0.15, 0.2) is 18.2 Å². The number of hydrogen-bond acceptors (Lipinski definition) is 3. The summed E-state index contributed by atoms with van der Waals surface area (Å²) in [6.07, 6.45) is -1.50. The molecule has 0 bridgehead atoms. The van der Waals surface area contributed by atoms with Gasteiger partial charge < -0.3 is 14.2 Å². The Bertz CT molecular complexity index is 378. The van der Waals surface area contributed by atoms with E-state index < -0.39 is 12.5 Å². The molecule has 0 spiro atoms. The van der Waals surface area contributed by atoms with E-state index in [1.807, 2.05) is 0 Å². The second-order valence-electron chi connectivity index (χ2n) is 3.85. The van der Waals surface area contributed by atoms with Crippen LogP contribution < -0.4 is 4.74 Å². The van der Waals surface area contributed by atoms with E-state index in [1.54, 1.807) is 18.2 Å². The number of alkyl halides is 1. The lowest BCUT2D eigenvalue weighted by Crippen LogP contribution is -2.11. The molecule has 0 N–H and O–H groups in total. The molecule has 17 heavy (non-hydrogen) atoms. The van der Waals surface area contributed by atoms with Gasteiger partial charge in [0.2, 0.25) is 0 Å². The summed E-state index contributed by atoms with van der Waals surface area (Å²) in [5.41, 5.74) is 0.704. The van der Waals surface area contributed by atoms with Crippen molar-refractivity contribution in [3.05, 3.63) is 28.8 Å². The van der Waals surface area contributed by atoms with Crippen LogP contribution in [0.5, 0.6) is 5.75 Å². The van der Waals surface area contributed by atoms with Crippen molar-refractivity contribution in [3.8, 4) is 5.75 Å². The maximum absolute atomic E-state index is 12.8. The van der Waals surface area contributed by atoms with Gasteiger partial charge in [0, 0.05) is 5.02 Å². The van der Waals surface area contributed by atoms with Gasteiger partial charge in [-0.05, 0) is 25.1 Å². The van der Waals surface area contributed by atoms with Crippen molar-refractivity contribution in [1.82, 2.24) is 0 Å². The van der Waals surface area contributed by atoms with E-state index in [0.717, 1.165) is 0 Å². The van der Waals surface area contributed by atoms with Crippen LogP contribution in [0.1, 0.15) is 18.8 Å². The minimum Gasteiger partial charge on any atom is -0.490 e. The van der Waals surface area contributed by atoms with Gasteiger partial charge in [-0.15, -0.1) is 0 Å². The average Bonchev–Trinajstić information content (AvgIpc) is 2.80. The molecule has 0 amide bonds. The molecule has 0 radical (unpaired) electrons. The largest absolute Gasteiger partial charge is 0.490 e. The summed E-state index contributed by atoms with van der Waals surface area (Å²) in [6, 6.07) is 5.11. The van der Waals surface area contributed by atoms with Gasteiger partial charge >= 0.3 is 0 Å². The van der Waals surface area contributed by atoms with Gasteiger partial charge in [-0.3, -0.25) is 0 Å². The van der Waals surface area contributed by atoms with Crippen LogP contribution in [-0.2, 0) is 9.47 Å². The SMILES string of the molecule is CC(F)COc1ccc(Cl)cc1C1OCCO1. The van der Waals surface area contributed by atoms with Crippen molar-refractivity contribution in [3.63, 3.8) is 0 Å². The number of ether oxygens (including phenoxy) is 3. The number of hydrogen-bond donors (Lipinski definition) is 0. The first-order chi connectivity index (χ1) is 8.16. The lowest BCUT2D eigenvalue weighted by molar-refractivity contribution is -0.0459. The first-order valence-electron chi connectivity index (χ1n) is 5.46. The Kier molecular flexibility index (Phi) is 4.20. The highest BCUT2D eigenvalue weighted by molar-refractivity contribution is 6.30. The Morgan fingerprint density at radius 1 is 1.47 bits per heavy atom. The monoisotopic (exact) mass is 260 g/mol. The molecule has 1 aliphatic rings. The van der Waals surface area contributed by atoms with Crippen molar-refractivity contribution < 1.29 is 18.6 Å². The fourth-order valence-corrected chi connectivity index (χ4v) is 1.76. The van der Waals surface area contributed by atoms with E-state index in [1.165, 1.54) is 6.92 Å². The van der Waals surface area contributed by atoms with Crippen LogP contribution >= 0.6 is 11.6 Å². The molecule has 2 rings (SSSR count). The minimum absolute atomic E-state index is 0.00134. The Balaban J connectivity index is 2.17. The molecule has 3 nitrogen and oxygen atoms in total. The fourth-order valence-electron chi connectivity index (χ4n) is 1.58. The molecule has 1 aliphatic heterocycles. The highest BCUT2D eigenvalue weighted by Crippen LogP contribution is 2.33. The summed E-state index contributed by atoms with van der Waals surface area (Å²) in [4.78, 5) is 0. The number of rotatable bonds is 4. The van der Waals surface area contributed by atoms with Gasteiger partial charge in [-0.2, -0.15) is 0 Å². The first kappa shape index (κ1) is 12.6. The smallest absolute Gasteiger partial charge is 0.187 e. The zero-order valence-electron chi connectivity index (χ0n) is 9.49. The van der Waals surface area contributed by atoms with Crippen LogP contribution in [0, 0.1) is 0 Å². The predicted molar refractivity (Wildman–Crippen MR) is 62.2 cm³/mol. The van der Waals surface area contributed by atoms with Gasteiger partial charge in [-0.25, -0.2) is 4.39 Å². The Morgan fingerprint density at radius 2 is 2.18 bits per heavy atom. The molecule has 1 fully saturated rings. The maximum atomic E-state index is 12.8. The third-order valence-corrected chi connectivity index (χ3v) is 2.55. The molecule has 0 saturated carbocycles. The van der Waals surface area contributed by atoms with E-state index in [0.29, 0.717) is 29.5 Å². The van der Waals surface area contributed by atoms with Crippen molar-refractivity contribution >= 4 is 11.6 Å². The predicted octanol–water partition coefficient (Wildman–Crippen LogP) is 3.12. The van der Waals surface area contributed by atoms with Gasteiger partial charge in [0.25, 0.3) is 0 Å². The zero-order valence-corrected chi connectivity index (χ0v) is 10.2. The van der Waals surface area contributed by atoms with Crippen LogP contribution in [0.3, 0.4) is 0 Å². The van der Waals surface area contributed by atoms with Crippen molar-refractivity contribution in [1.29, 1.82) is 0 Å². The second-order valence-corrected chi connectivity index (χ2v) is 4.28. The standard InChI is InChI=1S/C12H14ClFO3/c1-8(14)7-17-11-3-2-9(13)6-10(11)12-15-4-5-16-12/h2-3,6,8,12H,4-5,7H2,1H3. The van der Waals surface area contributed by atoms with E-state index in [-0.39, 0.29) is 6.61 Å². The normalized spacial score (nSPS) is 18.3. The summed E-state index contributed by atoms with van der Waals surface area (Å²) in [6.45, 7) is 2.52.